The Kier molecular flexibility index (Phi) is 7.40. The number of rotatable bonds is 6. The van der Waals surface area contributed by atoms with Crippen molar-refractivity contribution in [1.82, 2.24) is 20.0 Å². The number of hydrogen-bond donors (Lipinski definition) is 1. The average Bonchev–Trinajstić information content (AvgIpc) is 3.64. The van der Waals surface area contributed by atoms with Crippen molar-refractivity contribution in [2.75, 3.05) is 39.8 Å². The van der Waals surface area contributed by atoms with Crippen molar-refractivity contribution in [1.29, 1.82) is 0 Å². The second-order valence-corrected chi connectivity index (χ2v) is 9.84. The number of ether oxygens (including phenoxy) is 1. The molecule has 0 spiro atoms. The smallest absolute Gasteiger partial charge is 0.338 e. The lowest BCUT2D eigenvalue weighted by molar-refractivity contribution is -0.139. The molecule has 1 saturated carbocycles. The number of piperazine rings is 1. The van der Waals surface area contributed by atoms with Crippen LogP contribution in [-0.2, 0) is 14.3 Å². The second kappa shape index (κ2) is 10.1. The van der Waals surface area contributed by atoms with Gasteiger partial charge in [-0.1, -0.05) is 35.3 Å². The van der Waals surface area contributed by atoms with E-state index in [1.165, 1.54) is 4.90 Å². The van der Waals surface area contributed by atoms with Gasteiger partial charge in [0.1, 0.15) is 0 Å². The van der Waals surface area contributed by atoms with Crippen LogP contribution in [0.3, 0.4) is 0 Å². The SMILES string of the molecule is CCOC(=O)C1=C(CN2CCN(C(=O)C3CC3)[C@@H](C)C2)N(C)C(=O)N[C@@H]1c1cccc(Cl)c1Cl. The zero-order valence-corrected chi connectivity index (χ0v) is 21.2. The minimum atomic E-state index is -0.792. The van der Waals surface area contributed by atoms with E-state index in [2.05, 4.69) is 10.2 Å². The van der Waals surface area contributed by atoms with E-state index in [4.69, 9.17) is 27.9 Å². The Morgan fingerprint density at radius 3 is 2.59 bits per heavy atom. The molecule has 2 heterocycles. The van der Waals surface area contributed by atoms with Gasteiger partial charge >= 0.3 is 12.0 Å². The lowest BCUT2D eigenvalue weighted by Crippen LogP contribution is -2.56. The minimum absolute atomic E-state index is 0.0504. The molecule has 2 aliphatic heterocycles. The van der Waals surface area contributed by atoms with E-state index in [9.17, 15) is 14.4 Å². The van der Waals surface area contributed by atoms with Crippen LogP contribution < -0.4 is 5.32 Å². The quantitative estimate of drug-likeness (QED) is 0.595. The zero-order chi connectivity index (χ0) is 24.6. The van der Waals surface area contributed by atoms with Gasteiger partial charge in [0.2, 0.25) is 5.91 Å². The maximum atomic E-state index is 13.2. The Bertz CT molecular complexity index is 1030. The van der Waals surface area contributed by atoms with Crippen LogP contribution in [0.5, 0.6) is 0 Å². The monoisotopic (exact) mass is 508 g/mol. The summed E-state index contributed by atoms with van der Waals surface area (Å²) in [6.07, 6.45) is 1.96. The first kappa shape index (κ1) is 24.8. The number of nitrogens with one attached hydrogen (secondary N) is 1. The summed E-state index contributed by atoms with van der Waals surface area (Å²) in [4.78, 5) is 44.3. The molecule has 0 unspecified atom stereocenters. The molecule has 1 aliphatic carbocycles. The van der Waals surface area contributed by atoms with Gasteiger partial charge in [-0.15, -0.1) is 0 Å². The van der Waals surface area contributed by atoms with E-state index in [1.54, 1.807) is 32.2 Å². The van der Waals surface area contributed by atoms with Crippen molar-refractivity contribution in [3.8, 4) is 0 Å². The van der Waals surface area contributed by atoms with Crippen LogP contribution in [-0.4, -0.2) is 78.5 Å². The molecule has 0 bridgehead atoms. The lowest BCUT2D eigenvalue weighted by Gasteiger charge is -2.42. The molecule has 34 heavy (non-hydrogen) atoms. The summed E-state index contributed by atoms with van der Waals surface area (Å²) in [6.45, 7) is 6.26. The maximum Gasteiger partial charge on any atom is 0.338 e. The van der Waals surface area contributed by atoms with E-state index < -0.39 is 12.0 Å². The van der Waals surface area contributed by atoms with Crippen LogP contribution >= 0.6 is 23.2 Å². The average molecular weight is 509 g/mol. The molecule has 3 amide bonds. The lowest BCUT2D eigenvalue weighted by atomic mass is 9.94. The highest BCUT2D eigenvalue weighted by Crippen LogP contribution is 2.38. The van der Waals surface area contributed by atoms with Crippen LogP contribution in [0.1, 0.15) is 38.3 Å². The third-order valence-electron chi connectivity index (χ3n) is 6.66. The van der Waals surface area contributed by atoms with Crippen molar-refractivity contribution in [2.24, 2.45) is 5.92 Å². The number of carbonyl (C=O) groups is 3. The molecule has 2 fully saturated rings. The summed E-state index contributed by atoms with van der Waals surface area (Å²) in [5, 5.41) is 3.49. The van der Waals surface area contributed by atoms with Gasteiger partial charge < -0.3 is 15.0 Å². The van der Waals surface area contributed by atoms with Gasteiger partial charge in [0.25, 0.3) is 0 Å². The molecule has 0 radical (unpaired) electrons. The molecule has 1 aromatic carbocycles. The third-order valence-corrected chi connectivity index (χ3v) is 7.49. The number of amides is 3. The van der Waals surface area contributed by atoms with Crippen molar-refractivity contribution in [2.45, 2.75) is 38.8 Å². The van der Waals surface area contributed by atoms with Gasteiger partial charge in [0.15, 0.2) is 0 Å². The standard InChI is InChI=1S/C24H30Cl2N4O4/c1-4-34-23(32)19-18(13-29-10-11-30(14(2)12-29)22(31)15-8-9-15)28(3)24(33)27-21(19)16-6-5-7-17(25)20(16)26/h5-7,14-15,21H,4,8-13H2,1-3H3,(H,27,33)/t14-,21+/m0/s1. The second-order valence-electron chi connectivity index (χ2n) is 9.06. The molecule has 1 aromatic rings. The highest BCUT2D eigenvalue weighted by atomic mass is 35.5. The molecular weight excluding hydrogens is 479 g/mol. The molecule has 8 nitrogen and oxygen atoms in total. The van der Waals surface area contributed by atoms with Crippen molar-refractivity contribution in [3.05, 3.63) is 45.1 Å². The normalized spacial score (nSPS) is 23.7. The summed E-state index contributed by atoms with van der Waals surface area (Å²) in [7, 11) is 1.63. The van der Waals surface area contributed by atoms with Crippen molar-refractivity contribution < 1.29 is 19.1 Å². The largest absolute Gasteiger partial charge is 0.463 e. The van der Waals surface area contributed by atoms with Crippen LogP contribution in [0.4, 0.5) is 4.79 Å². The van der Waals surface area contributed by atoms with Gasteiger partial charge in [-0.25, -0.2) is 9.59 Å². The molecule has 184 valence electrons. The van der Waals surface area contributed by atoms with E-state index in [0.717, 1.165) is 12.8 Å². The van der Waals surface area contributed by atoms with Crippen molar-refractivity contribution in [3.63, 3.8) is 0 Å². The molecule has 1 N–H and O–H groups in total. The van der Waals surface area contributed by atoms with Crippen LogP contribution in [0.25, 0.3) is 0 Å². The van der Waals surface area contributed by atoms with Gasteiger partial charge in [-0.2, -0.15) is 0 Å². The van der Waals surface area contributed by atoms with Crippen LogP contribution in [0, 0.1) is 5.92 Å². The first-order valence-corrected chi connectivity index (χ1v) is 12.4. The fourth-order valence-corrected chi connectivity index (χ4v) is 5.07. The van der Waals surface area contributed by atoms with E-state index in [1.807, 2.05) is 11.8 Å². The minimum Gasteiger partial charge on any atom is -0.463 e. The van der Waals surface area contributed by atoms with E-state index in [0.29, 0.717) is 48.0 Å². The number of benzene rings is 1. The highest BCUT2D eigenvalue weighted by molar-refractivity contribution is 6.42. The molecule has 3 aliphatic rings. The summed E-state index contributed by atoms with van der Waals surface area (Å²) >= 11 is 12.7. The summed E-state index contributed by atoms with van der Waals surface area (Å²) < 4.78 is 5.39. The van der Waals surface area contributed by atoms with E-state index in [-0.39, 0.29) is 35.5 Å². The fourth-order valence-electron chi connectivity index (χ4n) is 4.66. The Balaban J connectivity index is 1.66. The first-order valence-electron chi connectivity index (χ1n) is 11.6. The van der Waals surface area contributed by atoms with Gasteiger partial charge in [-0.3, -0.25) is 14.6 Å². The van der Waals surface area contributed by atoms with Crippen molar-refractivity contribution >= 4 is 41.1 Å². The van der Waals surface area contributed by atoms with Crippen LogP contribution in [0.15, 0.2) is 29.5 Å². The summed E-state index contributed by atoms with van der Waals surface area (Å²) in [5.41, 5.74) is 1.42. The van der Waals surface area contributed by atoms with Gasteiger partial charge in [0.05, 0.1) is 28.3 Å². The molecule has 0 aromatic heterocycles. The Morgan fingerprint density at radius 2 is 1.94 bits per heavy atom. The topological polar surface area (TPSA) is 82.2 Å². The summed E-state index contributed by atoms with van der Waals surface area (Å²) in [5.74, 6) is -0.0899. The number of nitrogens with zero attached hydrogens (tertiary/aromatic N) is 3. The molecule has 1 saturated heterocycles. The predicted octanol–water partition coefficient (Wildman–Crippen LogP) is 3.45. The number of esters is 1. The highest BCUT2D eigenvalue weighted by Gasteiger charge is 2.40. The van der Waals surface area contributed by atoms with Gasteiger partial charge in [0, 0.05) is 50.9 Å². The maximum absolute atomic E-state index is 13.2. The third kappa shape index (κ3) is 4.90. The number of halogens is 2. The number of hydrogen-bond acceptors (Lipinski definition) is 5. The first-order chi connectivity index (χ1) is 16.2. The Morgan fingerprint density at radius 1 is 1.21 bits per heavy atom. The molecule has 4 rings (SSSR count). The molecule has 10 heteroatoms. The number of carbonyl (C=O) groups excluding carboxylic acids is 3. The summed E-state index contributed by atoms with van der Waals surface area (Å²) in [6, 6.07) is 4.04. The van der Waals surface area contributed by atoms with Crippen LogP contribution in [0.2, 0.25) is 10.0 Å². The number of likely N-dealkylation sites (N-methyl/N-ethyl adjacent to an activating group) is 1. The fraction of sp³-hybridized carbons (Fsp3) is 0.542. The Labute approximate surface area is 209 Å². The van der Waals surface area contributed by atoms with Gasteiger partial charge in [-0.05, 0) is 38.3 Å². The van der Waals surface area contributed by atoms with E-state index >= 15 is 0 Å². The predicted molar refractivity (Wildman–Crippen MR) is 129 cm³/mol. The zero-order valence-electron chi connectivity index (χ0n) is 19.6. The number of urea groups is 1. The molecule has 2 atom stereocenters. The molecular formula is C24H30Cl2N4O4. The Hall–Kier alpha value is -2.29.